The van der Waals surface area contributed by atoms with Crippen LogP contribution in [0.2, 0.25) is 0 Å². The fourth-order valence-corrected chi connectivity index (χ4v) is 2.33. The molecule has 1 heterocycles. The van der Waals surface area contributed by atoms with E-state index in [1.807, 2.05) is 6.07 Å². The number of fused-ring (bicyclic) bond motifs is 1. The van der Waals surface area contributed by atoms with E-state index in [0.717, 1.165) is 31.4 Å². The van der Waals surface area contributed by atoms with Gasteiger partial charge in [-0.2, -0.15) is 0 Å². The van der Waals surface area contributed by atoms with Crippen LogP contribution in [-0.4, -0.2) is 10.4 Å². The van der Waals surface area contributed by atoms with Gasteiger partial charge in [0.1, 0.15) is 0 Å². The van der Waals surface area contributed by atoms with Gasteiger partial charge in [-0.25, -0.2) is 0 Å². The summed E-state index contributed by atoms with van der Waals surface area (Å²) in [5, 5.41) is 0. The molecule has 0 aliphatic heterocycles. The average Bonchev–Trinajstić information content (AvgIpc) is 2.64. The number of rotatable bonds is 4. The van der Waals surface area contributed by atoms with Crippen LogP contribution in [0.5, 0.6) is 0 Å². The fourth-order valence-electron chi connectivity index (χ4n) is 2.33. The van der Waals surface area contributed by atoms with Crippen molar-refractivity contribution in [2.75, 3.05) is 0 Å². The number of carbonyl (C=O) groups excluding carboxylic acids is 1. The zero-order valence-corrected chi connectivity index (χ0v) is 9.46. The van der Waals surface area contributed by atoms with Crippen LogP contribution in [0.15, 0.2) is 12.3 Å². The summed E-state index contributed by atoms with van der Waals surface area (Å²) >= 11 is 0. The number of aromatic nitrogens is 1. The highest BCUT2D eigenvalue weighted by Crippen LogP contribution is 2.22. The number of unbranched alkanes of at least 4 members (excludes halogenated alkanes) is 2. The molecule has 2 heteroatoms. The molecule has 0 bridgehead atoms. The Hall–Kier alpha value is -1.05. The summed E-state index contributed by atoms with van der Waals surface area (Å²) in [4.78, 5) is 11.6. The quantitative estimate of drug-likeness (QED) is 0.692. The average molecular weight is 205 g/mol. The van der Waals surface area contributed by atoms with Crippen molar-refractivity contribution < 1.29 is 4.79 Å². The molecule has 1 aromatic heterocycles. The molecular weight excluding hydrogens is 186 g/mol. The lowest BCUT2D eigenvalue weighted by Crippen LogP contribution is -2.13. The van der Waals surface area contributed by atoms with Crippen LogP contribution in [0.4, 0.5) is 0 Å². The molecule has 0 atom stereocenters. The maximum absolute atomic E-state index is 11.6. The molecule has 0 amide bonds. The zero-order valence-electron chi connectivity index (χ0n) is 9.46. The third-order valence-corrected chi connectivity index (χ3v) is 3.20. The first kappa shape index (κ1) is 10.5. The monoisotopic (exact) mass is 205 g/mol. The van der Waals surface area contributed by atoms with Gasteiger partial charge in [-0.15, -0.1) is 0 Å². The fraction of sp³-hybridized carbons (Fsp3) is 0.615. The first-order valence-electron chi connectivity index (χ1n) is 6.04. The minimum atomic E-state index is 0.338. The van der Waals surface area contributed by atoms with Gasteiger partial charge in [-0.05, 0) is 25.3 Å². The van der Waals surface area contributed by atoms with Crippen molar-refractivity contribution in [3.63, 3.8) is 0 Å². The van der Waals surface area contributed by atoms with Gasteiger partial charge in [-0.1, -0.05) is 19.8 Å². The predicted molar refractivity (Wildman–Crippen MR) is 61.2 cm³/mol. The minimum Gasteiger partial charge on any atom is -0.351 e. The molecule has 1 aliphatic rings. The number of carbonyl (C=O) groups is 1. The van der Waals surface area contributed by atoms with E-state index < -0.39 is 0 Å². The van der Waals surface area contributed by atoms with E-state index in [-0.39, 0.29) is 0 Å². The lowest BCUT2D eigenvalue weighted by Gasteiger charge is -2.14. The molecule has 82 valence electrons. The summed E-state index contributed by atoms with van der Waals surface area (Å²) in [6, 6.07) is 2.00. The van der Waals surface area contributed by atoms with E-state index in [9.17, 15) is 4.79 Å². The van der Waals surface area contributed by atoms with Crippen molar-refractivity contribution in [2.45, 2.75) is 52.0 Å². The molecule has 1 aliphatic carbocycles. The molecule has 2 rings (SSSR count). The number of hydrogen-bond acceptors (Lipinski definition) is 1. The highest BCUT2D eigenvalue weighted by atomic mass is 16.1. The molecular formula is C13H19NO. The van der Waals surface area contributed by atoms with Crippen molar-refractivity contribution in [1.82, 2.24) is 4.57 Å². The summed E-state index contributed by atoms with van der Waals surface area (Å²) in [7, 11) is 0. The van der Waals surface area contributed by atoms with Crippen LogP contribution in [0.1, 0.15) is 55.1 Å². The SMILES string of the molecule is CCCCCn1ccc2c1CCCC2=O. The minimum absolute atomic E-state index is 0.338. The summed E-state index contributed by atoms with van der Waals surface area (Å²) in [5.41, 5.74) is 2.26. The van der Waals surface area contributed by atoms with Crippen molar-refractivity contribution in [3.8, 4) is 0 Å². The first-order chi connectivity index (χ1) is 7.33. The zero-order chi connectivity index (χ0) is 10.7. The van der Waals surface area contributed by atoms with Crippen molar-refractivity contribution in [3.05, 3.63) is 23.5 Å². The first-order valence-corrected chi connectivity index (χ1v) is 6.04. The predicted octanol–water partition coefficient (Wildman–Crippen LogP) is 3.20. The molecule has 2 nitrogen and oxygen atoms in total. The summed E-state index contributed by atoms with van der Waals surface area (Å²) in [6.45, 7) is 3.30. The molecule has 0 saturated heterocycles. The molecule has 0 N–H and O–H groups in total. The van der Waals surface area contributed by atoms with Gasteiger partial charge in [0.25, 0.3) is 0 Å². The normalized spacial score (nSPS) is 15.4. The van der Waals surface area contributed by atoms with Gasteiger partial charge in [-0.3, -0.25) is 4.79 Å². The maximum Gasteiger partial charge on any atom is 0.164 e. The van der Waals surface area contributed by atoms with E-state index in [2.05, 4.69) is 17.7 Å². The van der Waals surface area contributed by atoms with Gasteiger partial charge in [0.2, 0.25) is 0 Å². The topological polar surface area (TPSA) is 22.0 Å². The largest absolute Gasteiger partial charge is 0.351 e. The Morgan fingerprint density at radius 2 is 2.20 bits per heavy atom. The summed E-state index contributed by atoms with van der Waals surface area (Å²) in [6.07, 6.45) is 8.70. The number of nitrogens with zero attached hydrogens (tertiary/aromatic N) is 1. The Labute approximate surface area is 91.3 Å². The lowest BCUT2D eigenvalue weighted by atomic mass is 9.97. The number of ketones is 1. The lowest BCUT2D eigenvalue weighted by molar-refractivity contribution is 0.0971. The number of hydrogen-bond donors (Lipinski definition) is 0. The number of Topliss-reactive ketones (excluding diaryl/α,β-unsaturated/α-hetero) is 1. The third kappa shape index (κ3) is 2.14. The highest BCUT2D eigenvalue weighted by molar-refractivity contribution is 5.98. The second-order valence-corrected chi connectivity index (χ2v) is 4.35. The van der Waals surface area contributed by atoms with Crippen LogP contribution < -0.4 is 0 Å². The van der Waals surface area contributed by atoms with Crippen LogP contribution in [-0.2, 0) is 13.0 Å². The van der Waals surface area contributed by atoms with Gasteiger partial charge >= 0.3 is 0 Å². The standard InChI is InChI=1S/C13H19NO/c1-2-3-4-9-14-10-8-11-12(14)6-5-7-13(11)15/h8,10H,2-7,9H2,1H3. The Morgan fingerprint density at radius 1 is 1.33 bits per heavy atom. The summed E-state index contributed by atoms with van der Waals surface area (Å²) < 4.78 is 2.28. The Morgan fingerprint density at radius 3 is 3.00 bits per heavy atom. The van der Waals surface area contributed by atoms with Crippen LogP contribution in [0.3, 0.4) is 0 Å². The smallest absolute Gasteiger partial charge is 0.164 e. The maximum atomic E-state index is 11.6. The Balaban J connectivity index is 2.09. The third-order valence-electron chi connectivity index (χ3n) is 3.20. The van der Waals surface area contributed by atoms with Crippen LogP contribution in [0.25, 0.3) is 0 Å². The number of aryl methyl sites for hydroxylation is 1. The molecule has 15 heavy (non-hydrogen) atoms. The van der Waals surface area contributed by atoms with Crippen molar-refractivity contribution in [2.24, 2.45) is 0 Å². The van der Waals surface area contributed by atoms with E-state index in [0.29, 0.717) is 5.78 Å². The van der Waals surface area contributed by atoms with Gasteiger partial charge in [0.05, 0.1) is 0 Å². The molecule has 0 spiro atoms. The van der Waals surface area contributed by atoms with E-state index in [1.54, 1.807) is 0 Å². The van der Waals surface area contributed by atoms with Crippen molar-refractivity contribution in [1.29, 1.82) is 0 Å². The van der Waals surface area contributed by atoms with Crippen LogP contribution in [0, 0.1) is 0 Å². The Bertz CT molecular complexity index is 351. The highest BCUT2D eigenvalue weighted by Gasteiger charge is 2.19. The molecule has 0 aromatic carbocycles. The second-order valence-electron chi connectivity index (χ2n) is 4.35. The molecule has 0 saturated carbocycles. The van der Waals surface area contributed by atoms with Gasteiger partial charge in [0, 0.05) is 30.4 Å². The van der Waals surface area contributed by atoms with E-state index in [1.165, 1.54) is 25.0 Å². The summed E-state index contributed by atoms with van der Waals surface area (Å²) in [5.74, 6) is 0.338. The van der Waals surface area contributed by atoms with Crippen LogP contribution >= 0.6 is 0 Å². The van der Waals surface area contributed by atoms with E-state index in [4.69, 9.17) is 0 Å². The Kier molecular flexibility index (Phi) is 3.24. The second kappa shape index (κ2) is 4.65. The molecule has 0 fully saturated rings. The molecule has 0 unspecified atom stereocenters. The van der Waals surface area contributed by atoms with Gasteiger partial charge in [0.15, 0.2) is 5.78 Å². The van der Waals surface area contributed by atoms with E-state index >= 15 is 0 Å². The van der Waals surface area contributed by atoms with Crippen molar-refractivity contribution >= 4 is 5.78 Å². The molecule has 1 aromatic rings. The van der Waals surface area contributed by atoms with Gasteiger partial charge < -0.3 is 4.57 Å². The molecule has 0 radical (unpaired) electrons.